The second-order valence-corrected chi connectivity index (χ2v) is 4.67. The van der Waals surface area contributed by atoms with Crippen LogP contribution in [0, 0.1) is 11.7 Å². The predicted molar refractivity (Wildman–Crippen MR) is 66.5 cm³/mol. The second kappa shape index (κ2) is 5.91. The molecule has 0 radical (unpaired) electrons. The molecule has 1 aromatic rings. The molecule has 2 heterocycles. The van der Waals surface area contributed by atoms with Gasteiger partial charge in [0.05, 0.1) is 11.8 Å². The molecule has 0 atom stereocenters. The molecule has 1 saturated heterocycles. The molecule has 0 saturated carbocycles. The molecule has 2 rings (SSSR count). The molecule has 1 fully saturated rings. The molecule has 0 unspecified atom stereocenters. The van der Waals surface area contributed by atoms with Gasteiger partial charge in [-0.15, -0.1) is 0 Å². The van der Waals surface area contributed by atoms with E-state index in [0.29, 0.717) is 25.6 Å². The first-order valence-electron chi connectivity index (χ1n) is 6.31. The van der Waals surface area contributed by atoms with Crippen molar-refractivity contribution in [3.63, 3.8) is 0 Å². The van der Waals surface area contributed by atoms with E-state index >= 15 is 0 Å². The van der Waals surface area contributed by atoms with E-state index in [1.807, 2.05) is 0 Å². The largest absolute Gasteiger partial charge is 0.339 e. The van der Waals surface area contributed by atoms with Gasteiger partial charge in [0.15, 0.2) is 5.82 Å². The molecule has 98 valence electrons. The number of nitrogens with zero attached hydrogens (tertiary/aromatic N) is 2. The summed E-state index contributed by atoms with van der Waals surface area (Å²) in [6.07, 6.45) is 5.43. The summed E-state index contributed by atoms with van der Waals surface area (Å²) in [5.74, 6) is -0.186. The Morgan fingerprint density at radius 1 is 1.50 bits per heavy atom. The molecule has 0 aliphatic carbocycles. The Hall–Kier alpha value is -1.49. The Labute approximate surface area is 106 Å². The number of aromatic nitrogens is 1. The number of rotatable bonds is 3. The van der Waals surface area contributed by atoms with Crippen molar-refractivity contribution in [3.8, 4) is 0 Å². The minimum atomic E-state index is -0.549. The van der Waals surface area contributed by atoms with Crippen molar-refractivity contribution < 1.29 is 9.18 Å². The predicted octanol–water partition coefficient (Wildman–Crippen LogP) is 1.42. The number of pyridine rings is 1. The van der Waals surface area contributed by atoms with Crippen molar-refractivity contribution in [2.75, 3.05) is 19.6 Å². The molecule has 5 heteroatoms. The third-order valence-electron chi connectivity index (χ3n) is 3.48. The van der Waals surface area contributed by atoms with Crippen LogP contribution < -0.4 is 5.73 Å². The molecule has 1 amide bonds. The summed E-state index contributed by atoms with van der Waals surface area (Å²) in [5, 5.41) is 0. The zero-order valence-corrected chi connectivity index (χ0v) is 10.3. The maximum absolute atomic E-state index is 13.5. The van der Waals surface area contributed by atoms with E-state index in [-0.39, 0.29) is 11.5 Å². The highest BCUT2D eigenvalue weighted by Gasteiger charge is 2.24. The molecule has 0 spiro atoms. The van der Waals surface area contributed by atoms with Crippen LogP contribution in [0.4, 0.5) is 4.39 Å². The maximum Gasteiger partial charge on any atom is 0.256 e. The standard InChI is InChI=1S/C13H18FN3O/c14-12-9-16-6-2-11(12)13(18)17-7-3-10(1-5-15)4-8-17/h2,6,9-10H,1,3-5,7-8,15H2. The molecule has 18 heavy (non-hydrogen) atoms. The Balaban J connectivity index is 1.98. The van der Waals surface area contributed by atoms with Gasteiger partial charge in [-0.1, -0.05) is 0 Å². The quantitative estimate of drug-likeness (QED) is 0.884. The average molecular weight is 251 g/mol. The van der Waals surface area contributed by atoms with E-state index in [2.05, 4.69) is 4.98 Å². The molecule has 1 aliphatic rings. The number of likely N-dealkylation sites (tertiary alicyclic amines) is 1. The third kappa shape index (κ3) is 2.85. The summed E-state index contributed by atoms with van der Waals surface area (Å²) in [5.41, 5.74) is 5.64. The van der Waals surface area contributed by atoms with Gasteiger partial charge in [0.2, 0.25) is 0 Å². The number of carbonyl (C=O) groups is 1. The minimum absolute atomic E-state index is 0.113. The SMILES string of the molecule is NCCC1CCN(C(=O)c2ccncc2F)CC1. The van der Waals surface area contributed by atoms with Gasteiger partial charge in [0, 0.05) is 19.3 Å². The van der Waals surface area contributed by atoms with Gasteiger partial charge < -0.3 is 10.6 Å². The van der Waals surface area contributed by atoms with Crippen LogP contribution in [-0.2, 0) is 0 Å². The molecule has 0 bridgehead atoms. The van der Waals surface area contributed by atoms with Crippen molar-refractivity contribution in [2.24, 2.45) is 11.7 Å². The summed E-state index contributed by atoms with van der Waals surface area (Å²) in [4.78, 5) is 17.5. The molecule has 4 nitrogen and oxygen atoms in total. The lowest BCUT2D eigenvalue weighted by Crippen LogP contribution is -2.39. The fraction of sp³-hybridized carbons (Fsp3) is 0.538. The first kappa shape index (κ1) is 13.0. The highest BCUT2D eigenvalue weighted by molar-refractivity contribution is 5.94. The Kier molecular flexibility index (Phi) is 4.25. The van der Waals surface area contributed by atoms with E-state index in [9.17, 15) is 9.18 Å². The average Bonchev–Trinajstić information content (AvgIpc) is 2.40. The molecule has 1 aliphatic heterocycles. The van der Waals surface area contributed by atoms with Crippen molar-refractivity contribution >= 4 is 5.91 Å². The Morgan fingerprint density at radius 2 is 2.22 bits per heavy atom. The van der Waals surface area contributed by atoms with Crippen molar-refractivity contribution in [3.05, 3.63) is 29.8 Å². The van der Waals surface area contributed by atoms with E-state index in [1.54, 1.807) is 4.90 Å². The first-order valence-corrected chi connectivity index (χ1v) is 6.31. The van der Waals surface area contributed by atoms with Crippen LogP contribution in [0.1, 0.15) is 29.6 Å². The molecule has 2 N–H and O–H groups in total. The van der Waals surface area contributed by atoms with Crippen LogP contribution >= 0.6 is 0 Å². The molecule has 1 aromatic heterocycles. The van der Waals surface area contributed by atoms with Crippen LogP contribution in [0.3, 0.4) is 0 Å². The highest BCUT2D eigenvalue weighted by atomic mass is 19.1. The van der Waals surface area contributed by atoms with Gasteiger partial charge in [-0.25, -0.2) is 4.39 Å². The van der Waals surface area contributed by atoms with E-state index in [4.69, 9.17) is 5.73 Å². The summed E-state index contributed by atoms with van der Waals surface area (Å²) in [6, 6.07) is 1.43. The first-order chi connectivity index (χ1) is 8.72. The third-order valence-corrected chi connectivity index (χ3v) is 3.48. The summed E-state index contributed by atoms with van der Waals surface area (Å²) >= 11 is 0. The number of nitrogens with two attached hydrogens (primary N) is 1. The zero-order valence-electron chi connectivity index (χ0n) is 10.3. The van der Waals surface area contributed by atoms with E-state index in [1.165, 1.54) is 12.3 Å². The van der Waals surface area contributed by atoms with Crippen molar-refractivity contribution in [1.29, 1.82) is 0 Å². The van der Waals surface area contributed by atoms with Crippen LogP contribution in [0.2, 0.25) is 0 Å². The molecule has 0 aromatic carbocycles. The number of hydrogen-bond acceptors (Lipinski definition) is 3. The fourth-order valence-electron chi connectivity index (χ4n) is 2.38. The number of carbonyl (C=O) groups excluding carboxylic acids is 1. The summed E-state index contributed by atoms with van der Waals surface area (Å²) < 4.78 is 13.5. The number of hydrogen-bond donors (Lipinski definition) is 1. The van der Waals surface area contributed by atoms with Crippen molar-refractivity contribution in [2.45, 2.75) is 19.3 Å². The van der Waals surface area contributed by atoms with Crippen LogP contribution in [0.5, 0.6) is 0 Å². The highest BCUT2D eigenvalue weighted by Crippen LogP contribution is 2.21. The van der Waals surface area contributed by atoms with Crippen LogP contribution in [0.15, 0.2) is 18.5 Å². The lowest BCUT2D eigenvalue weighted by atomic mass is 9.93. The Bertz CT molecular complexity index is 416. The summed E-state index contributed by atoms with van der Waals surface area (Å²) in [7, 11) is 0. The zero-order chi connectivity index (χ0) is 13.0. The lowest BCUT2D eigenvalue weighted by molar-refractivity contribution is 0.0683. The van der Waals surface area contributed by atoms with Crippen LogP contribution in [-0.4, -0.2) is 35.4 Å². The second-order valence-electron chi connectivity index (χ2n) is 4.67. The van der Waals surface area contributed by atoms with Crippen molar-refractivity contribution in [1.82, 2.24) is 9.88 Å². The number of amides is 1. The van der Waals surface area contributed by atoms with Gasteiger partial charge >= 0.3 is 0 Å². The minimum Gasteiger partial charge on any atom is -0.339 e. The van der Waals surface area contributed by atoms with Gasteiger partial charge in [0.25, 0.3) is 5.91 Å². The Morgan fingerprint density at radius 3 is 2.83 bits per heavy atom. The number of piperidine rings is 1. The van der Waals surface area contributed by atoms with Gasteiger partial charge in [0.1, 0.15) is 0 Å². The monoisotopic (exact) mass is 251 g/mol. The van der Waals surface area contributed by atoms with Crippen LogP contribution in [0.25, 0.3) is 0 Å². The summed E-state index contributed by atoms with van der Waals surface area (Å²) in [6.45, 7) is 2.06. The lowest BCUT2D eigenvalue weighted by Gasteiger charge is -2.32. The molecular weight excluding hydrogens is 233 g/mol. The van der Waals surface area contributed by atoms with E-state index < -0.39 is 5.82 Å². The van der Waals surface area contributed by atoms with Gasteiger partial charge in [-0.2, -0.15) is 0 Å². The molecular formula is C13H18FN3O. The van der Waals surface area contributed by atoms with Gasteiger partial charge in [-0.05, 0) is 37.8 Å². The van der Waals surface area contributed by atoms with E-state index in [0.717, 1.165) is 25.5 Å². The normalized spacial score (nSPS) is 16.9. The number of halogens is 1. The fourth-order valence-corrected chi connectivity index (χ4v) is 2.38. The smallest absolute Gasteiger partial charge is 0.256 e. The van der Waals surface area contributed by atoms with Gasteiger partial charge in [-0.3, -0.25) is 9.78 Å². The topological polar surface area (TPSA) is 59.2 Å². The maximum atomic E-state index is 13.5.